The van der Waals surface area contributed by atoms with Crippen LogP contribution in [0.1, 0.15) is 37.8 Å². The summed E-state index contributed by atoms with van der Waals surface area (Å²) >= 11 is 0. The molecule has 7 nitrogen and oxygen atoms in total. The van der Waals surface area contributed by atoms with E-state index in [0.717, 1.165) is 24.5 Å². The van der Waals surface area contributed by atoms with Crippen molar-refractivity contribution in [2.75, 3.05) is 31.1 Å². The smallest absolute Gasteiger partial charge is 0.419 e. The van der Waals surface area contributed by atoms with Crippen LogP contribution in [0.4, 0.5) is 32.7 Å². The van der Waals surface area contributed by atoms with Gasteiger partial charge in [-0.25, -0.2) is 23.5 Å². The molecule has 2 saturated heterocycles. The Morgan fingerprint density at radius 3 is 2.16 bits per heavy atom. The van der Waals surface area contributed by atoms with Crippen molar-refractivity contribution < 1.29 is 31.5 Å². The lowest BCUT2D eigenvalue weighted by Crippen LogP contribution is -2.71. The van der Waals surface area contributed by atoms with Crippen molar-refractivity contribution in [3.63, 3.8) is 0 Å². The van der Waals surface area contributed by atoms with E-state index in [1.54, 1.807) is 18.7 Å². The molecule has 12 heteroatoms. The molecule has 0 unspecified atom stereocenters. The number of ether oxygens (including phenoxy) is 1. The van der Waals surface area contributed by atoms with E-state index in [0.29, 0.717) is 13.1 Å². The van der Waals surface area contributed by atoms with Gasteiger partial charge in [-0.15, -0.1) is 0 Å². The summed E-state index contributed by atoms with van der Waals surface area (Å²) in [4.78, 5) is 26.1. The van der Waals surface area contributed by atoms with Gasteiger partial charge in [0.05, 0.1) is 17.6 Å². The molecule has 3 heterocycles. The highest BCUT2D eigenvalue weighted by Gasteiger charge is 2.66. The number of halogens is 5. The molecule has 0 N–H and O–H groups in total. The molecule has 2 aromatic rings. The van der Waals surface area contributed by atoms with Crippen molar-refractivity contribution in [1.82, 2.24) is 19.8 Å². The SMILES string of the molecule is C[C@@H]1CN(c2ncc(C(F)(F)F)cn2)C[C@@H](C)N1C(=O)OC1(C(F)F)CC2(CN(Cc3ccccc3)C2)C1. The maximum absolute atomic E-state index is 14.2. The summed E-state index contributed by atoms with van der Waals surface area (Å²) in [6.07, 6.45) is -6.45. The summed E-state index contributed by atoms with van der Waals surface area (Å²) in [6.45, 7) is 6.05. The molecular formula is C26H30F5N5O2. The molecule has 3 aliphatic rings. The van der Waals surface area contributed by atoms with Gasteiger partial charge in [0.1, 0.15) is 0 Å². The molecule has 206 valence electrons. The van der Waals surface area contributed by atoms with E-state index in [2.05, 4.69) is 14.9 Å². The molecule has 1 amide bonds. The summed E-state index contributed by atoms with van der Waals surface area (Å²) in [7, 11) is 0. The zero-order valence-electron chi connectivity index (χ0n) is 21.2. The topological polar surface area (TPSA) is 61.8 Å². The van der Waals surface area contributed by atoms with Gasteiger partial charge in [-0.05, 0) is 19.4 Å². The second kappa shape index (κ2) is 9.62. The van der Waals surface area contributed by atoms with Crippen LogP contribution in [0.3, 0.4) is 0 Å². The number of aromatic nitrogens is 2. The molecule has 1 aromatic carbocycles. The Bertz CT molecular complexity index is 1120. The van der Waals surface area contributed by atoms with E-state index in [9.17, 15) is 26.7 Å². The number of nitrogens with zero attached hydrogens (tertiary/aromatic N) is 5. The minimum atomic E-state index is -4.54. The molecule has 38 heavy (non-hydrogen) atoms. The summed E-state index contributed by atoms with van der Waals surface area (Å²) in [5.74, 6) is 0.111. The van der Waals surface area contributed by atoms with Gasteiger partial charge >= 0.3 is 12.3 Å². The monoisotopic (exact) mass is 539 g/mol. The summed E-state index contributed by atoms with van der Waals surface area (Å²) < 4.78 is 72.4. The Morgan fingerprint density at radius 1 is 1.05 bits per heavy atom. The average Bonchev–Trinajstić information content (AvgIpc) is 2.80. The fourth-order valence-electron chi connectivity index (χ4n) is 6.27. The lowest BCUT2D eigenvalue weighted by Gasteiger charge is -2.63. The first-order valence-corrected chi connectivity index (χ1v) is 12.6. The highest BCUT2D eigenvalue weighted by molar-refractivity contribution is 5.70. The van der Waals surface area contributed by atoms with E-state index >= 15 is 0 Å². The molecule has 1 saturated carbocycles. The molecule has 0 radical (unpaired) electrons. The van der Waals surface area contributed by atoms with Gasteiger partial charge < -0.3 is 9.64 Å². The Kier molecular flexibility index (Phi) is 6.73. The quantitative estimate of drug-likeness (QED) is 0.508. The minimum Gasteiger partial charge on any atom is -0.437 e. The van der Waals surface area contributed by atoms with Crippen LogP contribution in [0.15, 0.2) is 42.7 Å². The molecular weight excluding hydrogens is 509 g/mol. The summed E-state index contributed by atoms with van der Waals surface area (Å²) in [6, 6.07) is 9.03. The number of hydrogen-bond donors (Lipinski definition) is 0. The third-order valence-corrected chi connectivity index (χ3v) is 7.78. The lowest BCUT2D eigenvalue weighted by molar-refractivity contribution is -0.243. The van der Waals surface area contributed by atoms with Crippen LogP contribution in [0.25, 0.3) is 0 Å². The zero-order valence-corrected chi connectivity index (χ0v) is 21.2. The molecule has 1 aromatic heterocycles. The predicted molar refractivity (Wildman–Crippen MR) is 129 cm³/mol. The number of piperazine rings is 1. The van der Waals surface area contributed by atoms with Crippen LogP contribution in [-0.2, 0) is 17.5 Å². The first-order valence-electron chi connectivity index (χ1n) is 12.6. The van der Waals surface area contributed by atoms with Crippen LogP contribution in [-0.4, -0.2) is 76.2 Å². The van der Waals surface area contributed by atoms with Crippen LogP contribution in [0.2, 0.25) is 0 Å². The fourth-order valence-corrected chi connectivity index (χ4v) is 6.27. The number of carbonyl (C=O) groups excluding carboxylic acids is 1. The Hall–Kier alpha value is -3.02. The molecule has 1 spiro atoms. The van der Waals surface area contributed by atoms with E-state index in [4.69, 9.17) is 4.74 Å². The van der Waals surface area contributed by atoms with Crippen LogP contribution in [0, 0.1) is 5.41 Å². The van der Waals surface area contributed by atoms with Gasteiger partial charge in [-0.3, -0.25) is 9.80 Å². The van der Waals surface area contributed by atoms with E-state index in [-0.39, 0.29) is 37.3 Å². The van der Waals surface area contributed by atoms with Gasteiger partial charge in [0.2, 0.25) is 5.95 Å². The van der Waals surface area contributed by atoms with Crippen LogP contribution >= 0.6 is 0 Å². The summed E-state index contributed by atoms with van der Waals surface area (Å²) in [5.41, 5.74) is -1.85. The van der Waals surface area contributed by atoms with Crippen molar-refractivity contribution in [3.8, 4) is 0 Å². The van der Waals surface area contributed by atoms with Gasteiger partial charge in [0.25, 0.3) is 6.43 Å². The van der Waals surface area contributed by atoms with E-state index < -0.39 is 41.9 Å². The van der Waals surface area contributed by atoms with Crippen LogP contribution in [0.5, 0.6) is 0 Å². The lowest BCUT2D eigenvalue weighted by atomic mass is 9.55. The van der Waals surface area contributed by atoms with Gasteiger partial charge in [0, 0.05) is 63.4 Å². The third kappa shape index (κ3) is 5.02. The van der Waals surface area contributed by atoms with Gasteiger partial charge in [-0.1, -0.05) is 30.3 Å². The highest BCUT2D eigenvalue weighted by atomic mass is 19.4. The Morgan fingerprint density at radius 2 is 1.63 bits per heavy atom. The normalized spacial score (nSPS) is 24.7. The number of amides is 1. The van der Waals surface area contributed by atoms with Crippen molar-refractivity contribution in [2.45, 2.75) is 63.5 Å². The van der Waals surface area contributed by atoms with Crippen molar-refractivity contribution in [3.05, 3.63) is 53.9 Å². The molecule has 5 rings (SSSR count). The van der Waals surface area contributed by atoms with Crippen molar-refractivity contribution in [2.24, 2.45) is 5.41 Å². The first kappa shape index (κ1) is 26.6. The number of rotatable bonds is 5. The second-order valence-corrected chi connectivity index (χ2v) is 11.0. The number of anilines is 1. The average molecular weight is 540 g/mol. The largest absolute Gasteiger partial charge is 0.437 e. The number of alkyl halides is 5. The molecule has 2 aliphatic heterocycles. The maximum Gasteiger partial charge on any atom is 0.419 e. The Labute approximate surface area is 217 Å². The standard InChI is InChI=1S/C26H30F5N5O2/c1-17-10-35(22-32-8-20(9-33-22)26(29,30)31)11-18(2)36(17)23(37)38-25(21(27)28)13-24(14-25)15-34(16-24)12-19-6-4-3-5-7-19/h3-9,17-18,21H,10-16H2,1-2H3/t17-,18-/m1/s1. The number of likely N-dealkylation sites (tertiary alicyclic amines) is 1. The van der Waals surface area contributed by atoms with E-state index in [1.165, 1.54) is 4.90 Å². The third-order valence-electron chi connectivity index (χ3n) is 7.78. The number of carbonyl (C=O) groups is 1. The maximum atomic E-state index is 14.2. The van der Waals surface area contributed by atoms with Crippen molar-refractivity contribution >= 4 is 12.0 Å². The zero-order chi connectivity index (χ0) is 27.3. The first-order chi connectivity index (χ1) is 17.9. The summed E-state index contributed by atoms with van der Waals surface area (Å²) in [5, 5.41) is 0. The molecule has 2 atom stereocenters. The second-order valence-electron chi connectivity index (χ2n) is 11.0. The Balaban J connectivity index is 1.18. The molecule has 0 bridgehead atoms. The van der Waals surface area contributed by atoms with Crippen LogP contribution < -0.4 is 4.90 Å². The number of hydrogen-bond acceptors (Lipinski definition) is 6. The highest BCUT2D eigenvalue weighted by Crippen LogP contribution is 2.58. The number of benzene rings is 1. The van der Waals surface area contributed by atoms with Gasteiger partial charge in [-0.2, -0.15) is 13.2 Å². The predicted octanol–water partition coefficient (Wildman–Crippen LogP) is 4.83. The fraction of sp³-hybridized carbons (Fsp3) is 0.577. The molecule has 3 fully saturated rings. The van der Waals surface area contributed by atoms with E-state index in [1.807, 2.05) is 30.3 Å². The van der Waals surface area contributed by atoms with Crippen molar-refractivity contribution in [1.29, 1.82) is 0 Å². The van der Waals surface area contributed by atoms with Gasteiger partial charge in [0.15, 0.2) is 5.60 Å². The molecule has 1 aliphatic carbocycles. The minimum absolute atomic E-state index is 0.111.